The zero-order valence-corrected chi connectivity index (χ0v) is 13.5. The number of urea groups is 1. The predicted octanol–water partition coefficient (Wildman–Crippen LogP) is 3.40. The van der Waals surface area contributed by atoms with Crippen LogP contribution in [0.15, 0.2) is 18.3 Å². The van der Waals surface area contributed by atoms with Crippen LogP contribution in [0, 0.1) is 17.8 Å². The molecule has 0 spiro atoms. The van der Waals surface area contributed by atoms with E-state index in [1.807, 2.05) is 4.90 Å². The fourth-order valence-electron chi connectivity index (χ4n) is 5.05. The Morgan fingerprint density at radius 3 is 3.00 bits per heavy atom. The van der Waals surface area contributed by atoms with E-state index in [4.69, 9.17) is 0 Å². The summed E-state index contributed by atoms with van der Waals surface area (Å²) in [7, 11) is 0. The second kappa shape index (κ2) is 5.64. The van der Waals surface area contributed by atoms with Gasteiger partial charge in [0, 0.05) is 31.5 Å². The number of fused-ring (bicyclic) bond motifs is 3. The lowest BCUT2D eigenvalue weighted by molar-refractivity contribution is 0.161. The molecular weight excluding hydrogens is 274 g/mol. The van der Waals surface area contributed by atoms with Gasteiger partial charge in [-0.2, -0.15) is 0 Å². The molecule has 4 rings (SSSR count). The summed E-state index contributed by atoms with van der Waals surface area (Å²) in [6.45, 7) is 4.69. The number of hydrogen-bond acceptors (Lipinski definition) is 1. The number of carbonyl (C=O) groups excluding carboxylic acids is 1. The number of rotatable bonds is 3. The normalized spacial score (nSPS) is 33.0. The van der Waals surface area contributed by atoms with Gasteiger partial charge in [0.2, 0.25) is 0 Å². The molecule has 2 fully saturated rings. The number of nitrogens with one attached hydrogen (secondary N) is 1. The molecule has 0 aromatic carbocycles. The molecule has 2 amide bonds. The van der Waals surface area contributed by atoms with Gasteiger partial charge in [-0.25, -0.2) is 4.79 Å². The van der Waals surface area contributed by atoms with E-state index >= 15 is 0 Å². The molecule has 4 nitrogen and oxygen atoms in total. The SMILES string of the molecule is CC1c2cccn2CCN1C(=O)NCCC1CC2CCC1C2. The zero-order chi connectivity index (χ0) is 15.1. The summed E-state index contributed by atoms with van der Waals surface area (Å²) in [5.74, 6) is 2.83. The van der Waals surface area contributed by atoms with E-state index in [-0.39, 0.29) is 12.1 Å². The van der Waals surface area contributed by atoms with Crippen LogP contribution in [-0.2, 0) is 6.54 Å². The minimum absolute atomic E-state index is 0.114. The van der Waals surface area contributed by atoms with Gasteiger partial charge in [0.1, 0.15) is 0 Å². The highest BCUT2D eigenvalue weighted by Gasteiger charge is 2.39. The van der Waals surface area contributed by atoms with E-state index < -0.39 is 0 Å². The minimum atomic E-state index is 0.114. The first-order valence-corrected chi connectivity index (χ1v) is 8.92. The molecule has 1 aliphatic heterocycles. The second-order valence-electron chi connectivity index (χ2n) is 7.45. The Hall–Kier alpha value is -1.45. The van der Waals surface area contributed by atoms with Crippen LogP contribution in [0.4, 0.5) is 4.79 Å². The van der Waals surface area contributed by atoms with E-state index in [0.29, 0.717) is 0 Å². The van der Waals surface area contributed by atoms with Crippen molar-refractivity contribution < 1.29 is 4.79 Å². The molecule has 1 aromatic rings. The van der Waals surface area contributed by atoms with Gasteiger partial charge in [0.15, 0.2) is 0 Å². The van der Waals surface area contributed by atoms with Crippen molar-refractivity contribution in [1.29, 1.82) is 0 Å². The first-order valence-electron chi connectivity index (χ1n) is 8.92. The summed E-state index contributed by atoms with van der Waals surface area (Å²) < 4.78 is 2.25. The molecule has 2 aliphatic carbocycles. The van der Waals surface area contributed by atoms with Crippen LogP contribution in [0.1, 0.15) is 50.8 Å². The lowest BCUT2D eigenvalue weighted by atomic mass is 9.86. The number of carbonyl (C=O) groups is 1. The summed E-state index contributed by atoms with van der Waals surface area (Å²) in [6.07, 6.45) is 9.04. The largest absolute Gasteiger partial charge is 0.348 e. The molecule has 22 heavy (non-hydrogen) atoms. The third-order valence-corrected chi connectivity index (χ3v) is 6.28. The van der Waals surface area contributed by atoms with Gasteiger partial charge in [-0.05, 0) is 62.5 Å². The standard InChI is InChI=1S/C18H27N3O/c1-13-17-3-2-8-20(17)9-10-21(13)18(22)19-7-6-16-12-14-4-5-15(16)11-14/h2-3,8,13-16H,4-7,9-12H2,1H3,(H,19,22). The van der Waals surface area contributed by atoms with Crippen molar-refractivity contribution in [1.82, 2.24) is 14.8 Å². The maximum absolute atomic E-state index is 12.5. The van der Waals surface area contributed by atoms with Gasteiger partial charge in [0.25, 0.3) is 0 Å². The molecule has 2 heterocycles. The van der Waals surface area contributed by atoms with Gasteiger partial charge in [0.05, 0.1) is 6.04 Å². The molecule has 3 aliphatic rings. The van der Waals surface area contributed by atoms with Crippen LogP contribution in [0.2, 0.25) is 0 Å². The Morgan fingerprint density at radius 2 is 2.23 bits per heavy atom. The Kier molecular flexibility index (Phi) is 3.63. The van der Waals surface area contributed by atoms with Crippen molar-refractivity contribution in [3.63, 3.8) is 0 Å². The molecule has 4 heteroatoms. The van der Waals surface area contributed by atoms with Crippen molar-refractivity contribution in [2.24, 2.45) is 17.8 Å². The highest BCUT2D eigenvalue weighted by molar-refractivity contribution is 5.74. The Labute approximate surface area is 132 Å². The highest BCUT2D eigenvalue weighted by atomic mass is 16.2. The van der Waals surface area contributed by atoms with Crippen molar-refractivity contribution in [2.45, 2.75) is 51.6 Å². The van der Waals surface area contributed by atoms with E-state index in [9.17, 15) is 4.79 Å². The second-order valence-corrected chi connectivity index (χ2v) is 7.45. The molecule has 0 radical (unpaired) electrons. The Balaban J connectivity index is 1.28. The lowest BCUT2D eigenvalue weighted by Gasteiger charge is -2.35. The minimum Gasteiger partial charge on any atom is -0.348 e. The number of aromatic nitrogens is 1. The highest BCUT2D eigenvalue weighted by Crippen LogP contribution is 2.49. The maximum atomic E-state index is 12.5. The fourth-order valence-corrected chi connectivity index (χ4v) is 5.05. The van der Waals surface area contributed by atoms with Gasteiger partial charge < -0.3 is 14.8 Å². The summed E-state index contributed by atoms with van der Waals surface area (Å²) in [6, 6.07) is 4.48. The van der Waals surface area contributed by atoms with Gasteiger partial charge in [-0.15, -0.1) is 0 Å². The Bertz CT molecular complexity index is 552. The van der Waals surface area contributed by atoms with E-state index in [1.54, 1.807) is 0 Å². The van der Waals surface area contributed by atoms with Crippen LogP contribution in [-0.4, -0.2) is 28.6 Å². The van der Waals surface area contributed by atoms with Crippen molar-refractivity contribution in [3.8, 4) is 0 Å². The maximum Gasteiger partial charge on any atom is 0.318 e. The smallest absolute Gasteiger partial charge is 0.318 e. The first kappa shape index (κ1) is 14.2. The van der Waals surface area contributed by atoms with Crippen molar-refractivity contribution >= 4 is 6.03 Å². The fraction of sp³-hybridized carbons (Fsp3) is 0.722. The molecule has 120 valence electrons. The van der Waals surface area contributed by atoms with Gasteiger partial charge in [-0.1, -0.05) is 6.42 Å². The molecule has 4 atom stereocenters. The van der Waals surface area contributed by atoms with Crippen LogP contribution >= 0.6 is 0 Å². The molecule has 1 aromatic heterocycles. The van der Waals surface area contributed by atoms with E-state index in [2.05, 4.69) is 35.1 Å². The third-order valence-electron chi connectivity index (χ3n) is 6.28. The third kappa shape index (κ3) is 2.42. The van der Waals surface area contributed by atoms with Crippen molar-refractivity contribution in [3.05, 3.63) is 24.0 Å². The number of amides is 2. The molecular formula is C18H27N3O. The monoisotopic (exact) mass is 301 g/mol. The number of nitrogens with zero attached hydrogens (tertiary/aromatic N) is 2. The van der Waals surface area contributed by atoms with Gasteiger partial charge in [-0.3, -0.25) is 0 Å². The van der Waals surface area contributed by atoms with E-state index in [0.717, 1.165) is 37.4 Å². The topological polar surface area (TPSA) is 37.3 Å². The molecule has 2 bridgehead atoms. The first-order chi connectivity index (χ1) is 10.7. The molecule has 4 unspecified atom stereocenters. The Morgan fingerprint density at radius 1 is 1.32 bits per heavy atom. The van der Waals surface area contributed by atoms with Crippen molar-refractivity contribution in [2.75, 3.05) is 13.1 Å². The van der Waals surface area contributed by atoms with Crippen LogP contribution in [0.3, 0.4) is 0 Å². The summed E-state index contributed by atoms with van der Waals surface area (Å²) >= 11 is 0. The number of hydrogen-bond donors (Lipinski definition) is 1. The molecule has 2 saturated carbocycles. The zero-order valence-electron chi connectivity index (χ0n) is 13.5. The predicted molar refractivity (Wildman–Crippen MR) is 86.5 cm³/mol. The van der Waals surface area contributed by atoms with E-state index in [1.165, 1.54) is 37.8 Å². The average molecular weight is 301 g/mol. The van der Waals surface area contributed by atoms with Gasteiger partial charge >= 0.3 is 6.03 Å². The molecule has 1 N–H and O–H groups in total. The molecule has 0 saturated heterocycles. The van der Waals surface area contributed by atoms with Crippen LogP contribution in [0.25, 0.3) is 0 Å². The quantitative estimate of drug-likeness (QED) is 0.913. The summed E-state index contributed by atoms with van der Waals surface area (Å²) in [4.78, 5) is 14.5. The van der Waals surface area contributed by atoms with Crippen LogP contribution in [0.5, 0.6) is 0 Å². The summed E-state index contributed by atoms with van der Waals surface area (Å²) in [5, 5.41) is 3.17. The lowest BCUT2D eigenvalue weighted by Crippen LogP contribution is -2.46. The summed E-state index contributed by atoms with van der Waals surface area (Å²) in [5.41, 5.74) is 1.24. The average Bonchev–Trinajstić information content (AvgIpc) is 3.23. The van der Waals surface area contributed by atoms with Crippen LogP contribution < -0.4 is 5.32 Å².